The fourth-order valence-electron chi connectivity index (χ4n) is 4.46. The van der Waals surface area contributed by atoms with E-state index in [0.29, 0.717) is 43.1 Å². The van der Waals surface area contributed by atoms with Crippen LogP contribution in [0.15, 0.2) is 36.8 Å². The molecule has 7 nitrogen and oxygen atoms in total. The van der Waals surface area contributed by atoms with Crippen LogP contribution in [0, 0.1) is 5.82 Å². The van der Waals surface area contributed by atoms with Crippen molar-refractivity contribution in [3.63, 3.8) is 0 Å². The number of ether oxygens (including phenoxy) is 1. The number of fused-ring (bicyclic) bond motifs is 1. The summed E-state index contributed by atoms with van der Waals surface area (Å²) in [5.74, 6) is 0.210. The summed E-state index contributed by atoms with van der Waals surface area (Å²) in [5, 5.41) is 3.05. The molecule has 1 amide bonds. The maximum absolute atomic E-state index is 14.1. The Morgan fingerprint density at radius 1 is 1.23 bits per heavy atom. The Morgan fingerprint density at radius 2 is 2.06 bits per heavy atom. The van der Waals surface area contributed by atoms with E-state index in [9.17, 15) is 9.18 Å². The van der Waals surface area contributed by atoms with E-state index in [1.807, 2.05) is 17.7 Å². The van der Waals surface area contributed by atoms with Gasteiger partial charge in [0.05, 0.1) is 18.6 Å². The number of imidazole rings is 1. The zero-order valence-electron chi connectivity index (χ0n) is 17.3. The summed E-state index contributed by atoms with van der Waals surface area (Å²) in [4.78, 5) is 26.7. The maximum atomic E-state index is 14.1. The number of hydrogen-bond acceptors (Lipinski definition) is 5. The summed E-state index contributed by atoms with van der Waals surface area (Å²) in [6.45, 7) is 1.36. The predicted octanol–water partition coefficient (Wildman–Crippen LogP) is 3.33. The molecular weight excluding hydrogens is 397 g/mol. The third-order valence-corrected chi connectivity index (χ3v) is 6.18. The molecule has 3 aromatic rings. The van der Waals surface area contributed by atoms with Crippen LogP contribution in [0.2, 0.25) is 0 Å². The lowest BCUT2D eigenvalue weighted by atomic mass is 9.95. The molecule has 3 heterocycles. The molecule has 31 heavy (non-hydrogen) atoms. The molecule has 0 spiro atoms. The van der Waals surface area contributed by atoms with Gasteiger partial charge in [0.25, 0.3) is 5.91 Å². The second kappa shape index (κ2) is 8.19. The average molecular weight is 421 g/mol. The van der Waals surface area contributed by atoms with Crippen molar-refractivity contribution in [1.82, 2.24) is 24.8 Å². The summed E-state index contributed by atoms with van der Waals surface area (Å²) >= 11 is 0. The molecule has 0 unspecified atom stereocenters. The van der Waals surface area contributed by atoms with Crippen LogP contribution in [0.25, 0.3) is 11.5 Å². The van der Waals surface area contributed by atoms with E-state index in [0.717, 1.165) is 29.8 Å². The van der Waals surface area contributed by atoms with Gasteiger partial charge in [-0.2, -0.15) is 0 Å². The van der Waals surface area contributed by atoms with Crippen molar-refractivity contribution in [2.24, 2.45) is 7.05 Å². The second-order valence-corrected chi connectivity index (χ2v) is 8.15. The average Bonchev–Trinajstić information content (AvgIpc) is 3.41. The number of carbonyl (C=O) groups is 1. The van der Waals surface area contributed by atoms with Gasteiger partial charge in [0.15, 0.2) is 5.82 Å². The minimum absolute atomic E-state index is 0.211. The highest BCUT2D eigenvalue weighted by molar-refractivity contribution is 5.93. The number of nitrogens with one attached hydrogen (secondary N) is 1. The molecule has 1 saturated heterocycles. The van der Waals surface area contributed by atoms with Crippen LogP contribution in [0.4, 0.5) is 4.39 Å². The van der Waals surface area contributed by atoms with Gasteiger partial charge in [-0.25, -0.2) is 19.3 Å². The Balaban J connectivity index is 1.47. The lowest BCUT2D eigenvalue weighted by Crippen LogP contribution is -2.28. The Hall–Kier alpha value is -3.13. The van der Waals surface area contributed by atoms with Gasteiger partial charge in [-0.3, -0.25) is 4.79 Å². The minimum Gasteiger partial charge on any atom is -0.381 e. The highest BCUT2D eigenvalue weighted by Gasteiger charge is 2.28. The van der Waals surface area contributed by atoms with E-state index in [-0.39, 0.29) is 23.7 Å². The number of halogens is 1. The summed E-state index contributed by atoms with van der Waals surface area (Å²) < 4.78 is 21.4. The largest absolute Gasteiger partial charge is 0.381 e. The number of carbonyl (C=O) groups excluding carboxylic acids is 1. The molecular formula is C23H24FN5O2. The maximum Gasteiger partial charge on any atom is 0.270 e. The van der Waals surface area contributed by atoms with E-state index < -0.39 is 0 Å². The van der Waals surface area contributed by atoms with E-state index in [1.54, 1.807) is 24.7 Å². The van der Waals surface area contributed by atoms with Crippen molar-refractivity contribution in [1.29, 1.82) is 0 Å². The zero-order chi connectivity index (χ0) is 21.4. The molecule has 1 fully saturated rings. The minimum atomic E-state index is -0.277. The van der Waals surface area contributed by atoms with Crippen LogP contribution >= 0.6 is 0 Å². The van der Waals surface area contributed by atoms with Crippen LogP contribution < -0.4 is 5.32 Å². The number of amides is 1. The van der Waals surface area contributed by atoms with Crippen LogP contribution in [-0.2, 0) is 18.2 Å². The summed E-state index contributed by atoms with van der Waals surface area (Å²) in [6, 6.07) is 6.60. The number of benzene rings is 1. The van der Waals surface area contributed by atoms with Gasteiger partial charge in [0.1, 0.15) is 17.2 Å². The van der Waals surface area contributed by atoms with Gasteiger partial charge in [-0.15, -0.1) is 0 Å². The van der Waals surface area contributed by atoms with E-state index in [2.05, 4.69) is 15.3 Å². The van der Waals surface area contributed by atoms with Crippen molar-refractivity contribution in [2.75, 3.05) is 13.2 Å². The normalized spacial score (nSPS) is 18.7. The number of hydrogen-bond donors (Lipinski definition) is 1. The van der Waals surface area contributed by atoms with E-state index >= 15 is 0 Å². The Bertz CT molecular complexity index is 1120. The van der Waals surface area contributed by atoms with Gasteiger partial charge in [-0.05, 0) is 48.9 Å². The predicted molar refractivity (Wildman–Crippen MR) is 112 cm³/mol. The molecule has 2 aliphatic rings. The number of aromatic nitrogens is 4. The summed E-state index contributed by atoms with van der Waals surface area (Å²) in [7, 11) is 1.87. The van der Waals surface area contributed by atoms with Crippen LogP contribution in [-0.4, -0.2) is 38.6 Å². The van der Waals surface area contributed by atoms with Crippen molar-refractivity contribution in [3.05, 3.63) is 65.1 Å². The fraction of sp³-hybridized carbons (Fsp3) is 0.391. The summed E-state index contributed by atoms with van der Waals surface area (Å²) in [5.41, 5.74) is 3.44. The van der Waals surface area contributed by atoms with E-state index in [4.69, 9.17) is 9.72 Å². The molecule has 1 aromatic carbocycles. The van der Waals surface area contributed by atoms with Gasteiger partial charge in [0, 0.05) is 31.9 Å². The molecule has 5 rings (SSSR count). The first kappa shape index (κ1) is 19.8. The molecule has 0 bridgehead atoms. The van der Waals surface area contributed by atoms with Crippen molar-refractivity contribution >= 4 is 5.91 Å². The molecule has 0 radical (unpaired) electrons. The fourth-order valence-corrected chi connectivity index (χ4v) is 4.46. The van der Waals surface area contributed by atoms with E-state index in [1.165, 1.54) is 6.07 Å². The SMILES string of the molecule is Cn1cncc1-c1nc(C(=O)N[C@H]2CCc3c(F)cccc32)cc(C2CCOCC2)n1. The monoisotopic (exact) mass is 421 g/mol. The molecule has 1 atom stereocenters. The molecule has 160 valence electrons. The van der Waals surface area contributed by atoms with Gasteiger partial charge < -0.3 is 14.6 Å². The number of aryl methyl sites for hydroxylation is 1. The lowest BCUT2D eigenvalue weighted by molar-refractivity contribution is 0.0844. The van der Waals surface area contributed by atoms with Crippen molar-refractivity contribution in [3.8, 4) is 11.5 Å². The van der Waals surface area contributed by atoms with Gasteiger partial charge in [-0.1, -0.05) is 12.1 Å². The molecule has 0 saturated carbocycles. The molecule has 1 aliphatic heterocycles. The highest BCUT2D eigenvalue weighted by Crippen LogP contribution is 2.33. The van der Waals surface area contributed by atoms with Gasteiger partial charge >= 0.3 is 0 Å². The first-order valence-corrected chi connectivity index (χ1v) is 10.6. The van der Waals surface area contributed by atoms with Crippen molar-refractivity contribution < 1.29 is 13.9 Å². The molecule has 8 heteroatoms. The second-order valence-electron chi connectivity index (χ2n) is 8.15. The van der Waals surface area contributed by atoms with Crippen LogP contribution in [0.1, 0.15) is 58.5 Å². The first-order valence-electron chi connectivity index (χ1n) is 10.6. The molecule has 1 N–H and O–H groups in total. The smallest absolute Gasteiger partial charge is 0.270 e. The number of nitrogens with zero attached hydrogens (tertiary/aromatic N) is 4. The third kappa shape index (κ3) is 3.83. The van der Waals surface area contributed by atoms with Crippen molar-refractivity contribution in [2.45, 2.75) is 37.6 Å². The third-order valence-electron chi connectivity index (χ3n) is 6.18. The Labute approximate surface area is 179 Å². The first-order chi connectivity index (χ1) is 15.1. The molecule has 2 aromatic heterocycles. The quantitative estimate of drug-likeness (QED) is 0.699. The zero-order valence-corrected chi connectivity index (χ0v) is 17.3. The summed E-state index contributed by atoms with van der Waals surface area (Å²) in [6.07, 6.45) is 6.39. The van der Waals surface area contributed by atoms with Crippen LogP contribution in [0.3, 0.4) is 0 Å². The van der Waals surface area contributed by atoms with Gasteiger partial charge in [0.2, 0.25) is 0 Å². The Kier molecular flexibility index (Phi) is 5.23. The highest BCUT2D eigenvalue weighted by atomic mass is 19.1. The topological polar surface area (TPSA) is 81.9 Å². The number of rotatable bonds is 4. The van der Waals surface area contributed by atoms with Crippen LogP contribution in [0.5, 0.6) is 0 Å². The molecule has 1 aliphatic carbocycles. The lowest BCUT2D eigenvalue weighted by Gasteiger charge is -2.22. The Morgan fingerprint density at radius 3 is 2.84 bits per heavy atom. The standard InChI is InChI=1S/C23H24FN5O2/c1-29-13-25-12-21(29)22-26-19(14-7-9-31-10-8-14)11-20(27-22)23(30)28-18-6-5-15-16(18)3-2-4-17(15)24/h2-4,11-14,18H,5-10H2,1H3,(H,28,30)/t18-/m0/s1.